The van der Waals surface area contributed by atoms with Crippen molar-refractivity contribution in [2.24, 2.45) is 0 Å². The Morgan fingerprint density at radius 3 is 2.27 bits per heavy atom. The van der Waals surface area contributed by atoms with Gasteiger partial charge >= 0.3 is 0 Å². The average molecular weight is 296 g/mol. The number of carbonyl (C=O) groups is 3. The summed E-state index contributed by atoms with van der Waals surface area (Å²) in [5.74, 6) is -0.985. The minimum absolute atomic E-state index is 0.0375. The van der Waals surface area contributed by atoms with Gasteiger partial charge < -0.3 is 5.11 Å². The second kappa shape index (κ2) is 6.80. The van der Waals surface area contributed by atoms with E-state index >= 15 is 0 Å². The Hall–Kier alpha value is -2.75. The zero-order chi connectivity index (χ0) is 16.1. The van der Waals surface area contributed by atoms with Crippen molar-refractivity contribution in [1.82, 2.24) is 0 Å². The number of aromatic hydroxyl groups is 1. The number of phenols is 1. The molecular weight excluding hydrogens is 280 g/mol. The topological polar surface area (TPSA) is 71.4 Å². The molecule has 22 heavy (non-hydrogen) atoms. The fourth-order valence-electron chi connectivity index (χ4n) is 2.17. The Balaban J connectivity index is 2.18. The first-order chi connectivity index (χ1) is 10.5. The monoisotopic (exact) mass is 296 g/mol. The molecule has 0 fully saturated rings. The summed E-state index contributed by atoms with van der Waals surface area (Å²) in [4.78, 5) is 35.4. The number of rotatable bonds is 6. The summed E-state index contributed by atoms with van der Waals surface area (Å²) in [7, 11) is 0. The molecule has 0 saturated carbocycles. The minimum Gasteiger partial charge on any atom is -0.507 e. The first-order valence-electron chi connectivity index (χ1n) is 6.90. The lowest BCUT2D eigenvalue weighted by molar-refractivity contribution is -0.116. The van der Waals surface area contributed by atoms with Crippen LogP contribution >= 0.6 is 0 Å². The first-order valence-corrected chi connectivity index (χ1v) is 6.90. The van der Waals surface area contributed by atoms with Crippen LogP contribution in [0.3, 0.4) is 0 Å². The summed E-state index contributed by atoms with van der Waals surface area (Å²) in [6.07, 6.45) is -0.131. The molecule has 0 unspecified atom stereocenters. The molecule has 0 aliphatic rings. The third kappa shape index (κ3) is 3.88. The molecule has 4 nitrogen and oxygen atoms in total. The molecule has 2 rings (SSSR count). The van der Waals surface area contributed by atoms with E-state index in [-0.39, 0.29) is 35.7 Å². The lowest BCUT2D eigenvalue weighted by atomic mass is 9.98. The highest BCUT2D eigenvalue weighted by molar-refractivity contribution is 6.14. The van der Waals surface area contributed by atoms with Gasteiger partial charge in [-0.3, -0.25) is 14.4 Å². The van der Waals surface area contributed by atoms with E-state index in [0.717, 1.165) is 0 Å². The maximum Gasteiger partial charge on any atom is 0.174 e. The van der Waals surface area contributed by atoms with Crippen molar-refractivity contribution in [3.8, 4) is 5.75 Å². The predicted molar refractivity (Wildman–Crippen MR) is 82.2 cm³/mol. The van der Waals surface area contributed by atoms with Crippen LogP contribution in [0, 0.1) is 0 Å². The molecule has 0 amide bonds. The predicted octanol–water partition coefficient (Wildman–Crippen LogP) is 2.98. The van der Waals surface area contributed by atoms with Crippen LogP contribution in [0.5, 0.6) is 5.75 Å². The number of carbonyl (C=O) groups excluding carboxylic acids is 3. The third-order valence-corrected chi connectivity index (χ3v) is 3.23. The van der Waals surface area contributed by atoms with E-state index in [0.29, 0.717) is 11.1 Å². The van der Waals surface area contributed by atoms with Gasteiger partial charge in [0.25, 0.3) is 0 Å². The lowest BCUT2D eigenvalue weighted by Crippen LogP contribution is -2.09. The molecule has 2 aromatic carbocycles. The van der Waals surface area contributed by atoms with Gasteiger partial charge in [0.05, 0.1) is 12.0 Å². The van der Waals surface area contributed by atoms with Gasteiger partial charge in [-0.2, -0.15) is 0 Å². The Bertz CT molecular complexity index is 717. The van der Waals surface area contributed by atoms with Crippen molar-refractivity contribution >= 4 is 17.3 Å². The summed E-state index contributed by atoms with van der Waals surface area (Å²) < 4.78 is 0. The highest BCUT2D eigenvalue weighted by Gasteiger charge is 2.17. The average Bonchev–Trinajstić information content (AvgIpc) is 2.49. The van der Waals surface area contributed by atoms with E-state index < -0.39 is 5.78 Å². The second-order valence-corrected chi connectivity index (χ2v) is 5.12. The van der Waals surface area contributed by atoms with Crippen LogP contribution in [0.15, 0.2) is 48.5 Å². The number of hydrogen-bond donors (Lipinski definition) is 1. The van der Waals surface area contributed by atoms with Gasteiger partial charge in [0.15, 0.2) is 11.6 Å². The number of benzene rings is 2. The van der Waals surface area contributed by atoms with Crippen LogP contribution in [0.4, 0.5) is 0 Å². The second-order valence-electron chi connectivity index (χ2n) is 5.12. The third-order valence-electron chi connectivity index (χ3n) is 3.23. The van der Waals surface area contributed by atoms with Crippen LogP contribution < -0.4 is 0 Å². The Labute approximate surface area is 128 Å². The Kier molecular flexibility index (Phi) is 4.84. The largest absolute Gasteiger partial charge is 0.507 e. The number of hydrogen-bond acceptors (Lipinski definition) is 4. The van der Waals surface area contributed by atoms with Crippen LogP contribution in [-0.4, -0.2) is 22.5 Å². The number of Topliss-reactive ketones (excluding diaryl/α,β-unsaturated/α-hetero) is 3. The normalized spacial score (nSPS) is 10.2. The minimum atomic E-state index is -0.461. The quantitative estimate of drug-likeness (QED) is 0.657. The van der Waals surface area contributed by atoms with Gasteiger partial charge in [0.2, 0.25) is 0 Å². The molecule has 0 radical (unpaired) electrons. The van der Waals surface area contributed by atoms with Gasteiger partial charge in [-0.15, -0.1) is 0 Å². The highest BCUT2D eigenvalue weighted by atomic mass is 16.3. The standard InChI is InChI=1S/C18H16O4/c1-12(19)9-13-7-8-16(20)15(10-13)18(22)11-17(21)14-5-3-2-4-6-14/h2-8,10,20H,9,11H2,1H3. The smallest absolute Gasteiger partial charge is 0.174 e. The van der Waals surface area contributed by atoms with Crippen molar-refractivity contribution in [3.05, 3.63) is 65.2 Å². The van der Waals surface area contributed by atoms with Crippen LogP contribution in [0.1, 0.15) is 39.6 Å². The fourth-order valence-corrected chi connectivity index (χ4v) is 2.17. The molecule has 0 heterocycles. The summed E-state index contributed by atoms with van der Waals surface area (Å²) in [6.45, 7) is 1.45. The Morgan fingerprint density at radius 1 is 0.955 bits per heavy atom. The lowest BCUT2D eigenvalue weighted by Gasteiger charge is -2.06. The van der Waals surface area contributed by atoms with Crippen molar-refractivity contribution in [1.29, 1.82) is 0 Å². The van der Waals surface area contributed by atoms with Crippen LogP contribution in [-0.2, 0) is 11.2 Å². The van der Waals surface area contributed by atoms with E-state index in [9.17, 15) is 19.5 Å². The summed E-state index contributed by atoms with van der Waals surface area (Å²) >= 11 is 0. The maximum atomic E-state index is 12.2. The van der Waals surface area contributed by atoms with E-state index in [1.165, 1.54) is 19.1 Å². The van der Waals surface area contributed by atoms with E-state index in [4.69, 9.17) is 0 Å². The molecule has 0 aromatic heterocycles. The van der Waals surface area contributed by atoms with Gasteiger partial charge in [-0.05, 0) is 24.6 Å². The maximum absolute atomic E-state index is 12.2. The molecule has 0 bridgehead atoms. The van der Waals surface area contributed by atoms with E-state index in [2.05, 4.69) is 0 Å². The molecule has 1 N–H and O–H groups in total. The molecule has 0 saturated heterocycles. The molecule has 112 valence electrons. The molecule has 0 atom stereocenters. The SMILES string of the molecule is CC(=O)Cc1ccc(O)c(C(=O)CC(=O)c2ccccc2)c1. The van der Waals surface area contributed by atoms with Crippen molar-refractivity contribution in [3.63, 3.8) is 0 Å². The first kappa shape index (κ1) is 15.6. The van der Waals surface area contributed by atoms with E-state index in [1.807, 2.05) is 0 Å². The summed E-state index contributed by atoms with van der Waals surface area (Å²) in [5, 5.41) is 9.81. The zero-order valence-corrected chi connectivity index (χ0v) is 12.2. The summed E-state index contributed by atoms with van der Waals surface area (Å²) in [5.41, 5.74) is 1.17. The Morgan fingerprint density at radius 2 is 1.64 bits per heavy atom. The van der Waals surface area contributed by atoms with Crippen molar-refractivity contribution in [2.45, 2.75) is 19.8 Å². The van der Waals surface area contributed by atoms with E-state index in [1.54, 1.807) is 36.4 Å². The van der Waals surface area contributed by atoms with Gasteiger partial charge in [0, 0.05) is 12.0 Å². The number of ketones is 3. The van der Waals surface area contributed by atoms with Gasteiger partial charge in [-0.1, -0.05) is 36.4 Å². The fraction of sp³-hybridized carbons (Fsp3) is 0.167. The molecule has 0 aliphatic heterocycles. The van der Waals surface area contributed by atoms with Crippen molar-refractivity contribution < 1.29 is 19.5 Å². The molecule has 2 aromatic rings. The molecular formula is C18H16O4. The van der Waals surface area contributed by atoms with Gasteiger partial charge in [-0.25, -0.2) is 0 Å². The molecule has 0 aliphatic carbocycles. The van der Waals surface area contributed by atoms with Gasteiger partial charge in [0.1, 0.15) is 11.5 Å². The van der Waals surface area contributed by atoms with Crippen molar-refractivity contribution in [2.75, 3.05) is 0 Å². The van der Waals surface area contributed by atoms with Crippen LogP contribution in [0.25, 0.3) is 0 Å². The van der Waals surface area contributed by atoms with Crippen LogP contribution in [0.2, 0.25) is 0 Å². The summed E-state index contributed by atoms with van der Waals surface area (Å²) in [6, 6.07) is 13.0. The highest BCUT2D eigenvalue weighted by Crippen LogP contribution is 2.21. The molecule has 0 spiro atoms. The zero-order valence-electron chi connectivity index (χ0n) is 12.2. The number of phenolic OH excluding ortho intramolecular Hbond substituents is 1. The molecule has 4 heteroatoms.